The number of carbonyl (C=O) groups is 3. The van der Waals surface area contributed by atoms with Crippen LogP contribution in [0.15, 0.2) is 30.3 Å². The summed E-state index contributed by atoms with van der Waals surface area (Å²) in [6, 6.07) is 8.25. The lowest BCUT2D eigenvalue weighted by atomic mass is 10.1. The van der Waals surface area contributed by atoms with Crippen LogP contribution < -0.4 is 5.32 Å². The predicted molar refractivity (Wildman–Crippen MR) is 113 cm³/mol. The molecule has 2 amide bonds. The third-order valence-electron chi connectivity index (χ3n) is 3.67. The summed E-state index contributed by atoms with van der Waals surface area (Å²) in [6.45, 7) is 5.90. The van der Waals surface area contributed by atoms with Gasteiger partial charge >= 0.3 is 12.1 Å². The number of alkyl carbamates (subject to hydrolysis) is 1. The van der Waals surface area contributed by atoms with Crippen LogP contribution >= 0.6 is 25.3 Å². The molecule has 1 atom stereocenters. The summed E-state index contributed by atoms with van der Waals surface area (Å²) in [7, 11) is 0. The zero-order valence-corrected chi connectivity index (χ0v) is 18.2. The van der Waals surface area contributed by atoms with Crippen LogP contribution in [-0.4, -0.2) is 52.7 Å². The van der Waals surface area contributed by atoms with Gasteiger partial charge in [0.05, 0.1) is 12.3 Å². The first kappa shape index (κ1) is 24.2. The van der Waals surface area contributed by atoms with Gasteiger partial charge in [-0.25, -0.2) is 4.79 Å². The van der Waals surface area contributed by atoms with Crippen molar-refractivity contribution in [2.45, 2.75) is 45.4 Å². The summed E-state index contributed by atoms with van der Waals surface area (Å²) in [4.78, 5) is 38.6. The van der Waals surface area contributed by atoms with Gasteiger partial charge < -0.3 is 19.7 Å². The zero-order chi connectivity index (χ0) is 19.9. The van der Waals surface area contributed by atoms with Crippen molar-refractivity contribution in [2.75, 3.05) is 18.2 Å². The Kier molecular flexibility index (Phi) is 9.68. The zero-order valence-electron chi connectivity index (χ0n) is 16.4. The molecule has 1 aromatic rings. The van der Waals surface area contributed by atoms with Crippen LogP contribution in [0.25, 0.3) is 0 Å². The molecule has 28 heavy (non-hydrogen) atoms. The first-order valence-electron chi connectivity index (χ1n) is 8.80. The van der Waals surface area contributed by atoms with Crippen LogP contribution in [0.3, 0.4) is 0 Å². The van der Waals surface area contributed by atoms with E-state index >= 15 is 0 Å². The Balaban J connectivity index is 0.00000392. The quantitative estimate of drug-likeness (QED) is 0.701. The molecule has 7 nitrogen and oxygen atoms in total. The first-order valence-corrected chi connectivity index (χ1v) is 9.95. The number of amides is 2. The van der Waals surface area contributed by atoms with Crippen molar-refractivity contribution >= 4 is 43.2 Å². The van der Waals surface area contributed by atoms with Gasteiger partial charge in [0.2, 0.25) is 5.91 Å². The number of thioether (sulfide) groups is 1. The molecule has 2 rings (SSSR count). The molecular weight excluding hydrogens is 400 g/mol. The second-order valence-corrected chi connectivity index (χ2v) is 8.26. The van der Waals surface area contributed by atoms with Crippen LogP contribution in [0.2, 0.25) is 0 Å². The minimum Gasteiger partial charge on any atom is -0.461 e. The highest BCUT2D eigenvalue weighted by Crippen LogP contribution is 2.16. The van der Waals surface area contributed by atoms with E-state index in [9.17, 15) is 14.4 Å². The van der Waals surface area contributed by atoms with E-state index in [2.05, 4.69) is 5.32 Å². The summed E-state index contributed by atoms with van der Waals surface area (Å²) in [6.07, 6.45) is -0.977. The maximum atomic E-state index is 12.7. The molecule has 1 heterocycles. The fraction of sp³-hybridized carbons (Fsp3) is 0.526. The van der Waals surface area contributed by atoms with Crippen LogP contribution in [0.5, 0.6) is 0 Å². The minimum absolute atomic E-state index is 0. The molecule has 0 spiro atoms. The van der Waals surface area contributed by atoms with Crippen LogP contribution in [0.4, 0.5) is 4.79 Å². The van der Waals surface area contributed by atoms with Gasteiger partial charge in [-0.3, -0.25) is 9.59 Å². The Bertz CT molecular complexity index is 658. The number of hydrogen-bond acceptors (Lipinski definition) is 6. The molecule has 1 aliphatic rings. The molecule has 156 valence electrons. The first-order chi connectivity index (χ1) is 12.7. The van der Waals surface area contributed by atoms with Crippen molar-refractivity contribution in [3.05, 3.63) is 35.9 Å². The van der Waals surface area contributed by atoms with E-state index in [0.29, 0.717) is 12.4 Å². The molecule has 9 heteroatoms. The van der Waals surface area contributed by atoms with E-state index < -0.39 is 23.7 Å². The number of rotatable bonds is 6. The smallest absolute Gasteiger partial charge is 0.408 e. The number of esters is 1. The summed E-state index contributed by atoms with van der Waals surface area (Å²) >= 11 is 1.63. The normalized spacial score (nSPS) is 14.6. The Morgan fingerprint density at radius 3 is 2.46 bits per heavy atom. The Labute approximate surface area is 177 Å². The lowest BCUT2D eigenvalue weighted by Gasteiger charge is -2.25. The topological polar surface area (TPSA) is 84.9 Å². The lowest BCUT2D eigenvalue weighted by molar-refractivity contribution is -0.148. The van der Waals surface area contributed by atoms with E-state index in [0.717, 1.165) is 11.3 Å². The lowest BCUT2D eigenvalue weighted by Crippen LogP contribution is -2.50. The van der Waals surface area contributed by atoms with Gasteiger partial charge in [-0.2, -0.15) is 13.5 Å². The molecule has 0 unspecified atom stereocenters. The average Bonchev–Trinajstić information content (AvgIpc) is 3.12. The van der Waals surface area contributed by atoms with Crippen LogP contribution in [-0.2, 0) is 25.7 Å². The van der Waals surface area contributed by atoms with Crippen molar-refractivity contribution in [3.8, 4) is 0 Å². The molecule has 0 aliphatic carbocycles. The largest absolute Gasteiger partial charge is 0.461 e. The van der Waals surface area contributed by atoms with E-state index in [1.807, 2.05) is 30.3 Å². The van der Waals surface area contributed by atoms with E-state index in [1.54, 1.807) is 37.4 Å². The maximum absolute atomic E-state index is 12.7. The maximum Gasteiger partial charge on any atom is 0.408 e. The van der Waals surface area contributed by atoms with Gasteiger partial charge in [0.1, 0.15) is 18.2 Å². The predicted octanol–water partition coefficient (Wildman–Crippen LogP) is 2.66. The van der Waals surface area contributed by atoms with Crippen molar-refractivity contribution in [2.24, 2.45) is 0 Å². The molecule has 1 N–H and O–H groups in total. The summed E-state index contributed by atoms with van der Waals surface area (Å²) < 4.78 is 10.5. The third-order valence-corrected chi connectivity index (χ3v) is 4.63. The van der Waals surface area contributed by atoms with E-state index in [4.69, 9.17) is 9.47 Å². The fourth-order valence-electron chi connectivity index (χ4n) is 2.42. The van der Waals surface area contributed by atoms with Crippen molar-refractivity contribution in [3.63, 3.8) is 0 Å². The SMILES string of the molecule is CC(C)(C)OC(=O)N[C@@H](CC(=O)OCc1ccccc1)C(=O)N1CCSC1.S. The third kappa shape index (κ3) is 8.43. The number of hydrogen-bond donors (Lipinski definition) is 1. The average molecular weight is 429 g/mol. The molecular formula is C19H28N2O5S2. The van der Waals surface area contributed by atoms with Crippen molar-refractivity contribution in [1.82, 2.24) is 10.2 Å². The van der Waals surface area contributed by atoms with Gasteiger partial charge in [-0.1, -0.05) is 30.3 Å². The van der Waals surface area contributed by atoms with Gasteiger partial charge in [0.25, 0.3) is 0 Å². The number of nitrogens with one attached hydrogen (secondary N) is 1. The van der Waals surface area contributed by atoms with Crippen LogP contribution in [0, 0.1) is 0 Å². The van der Waals surface area contributed by atoms with Gasteiger partial charge in [0.15, 0.2) is 0 Å². The number of nitrogens with zero attached hydrogens (tertiary/aromatic N) is 1. The van der Waals surface area contributed by atoms with Gasteiger partial charge in [-0.15, -0.1) is 11.8 Å². The molecule has 1 saturated heterocycles. The van der Waals surface area contributed by atoms with Crippen molar-refractivity contribution < 1.29 is 23.9 Å². The number of benzene rings is 1. The van der Waals surface area contributed by atoms with Gasteiger partial charge in [0, 0.05) is 12.3 Å². The Morgan fingerprint density at radius 2 is 1.89 bits per heavy atom. The molecule has 0 bridgehead atoms. The molecule has 1 aliphatic heterocycles. The second kappa shape index (κ2) is 11.2. The summed E-state index contributed by atoms with van der Waals surface area (Å²) in [5.74, 6) is 0.524. The Morgan fingerprint density at radius 1 is 1.21 bits per heavy atom. The van der Waals surface area contributed by atoms with E-state index in [-0.39, 0.29) is 32.4 Å². The van der Waals surface area contributed by atoms with Crippen LogP contribution in [0.1, 0.15) is 32.8 Å². The molecule has 0 aromatic heterocycles. The highest BCUT2D eigenvalue weighted by atomic mass is 32.2. The fourth-order valence-corrected chi connectivity index (χ4v) is 3.38. The minimum atomic E-state index is -1.01. The standard InChI is InChI=1S/C19H26N2O5S.H2S/c1-19(2,3)26-18(24)20-15(17(23)21-9-10-27-13-21)11-16(22)25-12-14-7-5-4-6-8-14;/h4-8,15H,9-13H2,1-3H3,(H,20,24);1H2/t15-;/m0./s1. The van der Waals surface area contributed by atoms with Gasteiger partial charge in [-0.05, 0) is 26.3 Å². The molecule has 1 aromatic carbocycles. The monoisotopic (exact) mass is 428 g/mol. The molecule has 0 saturated carbocycles. The summed E-state index contributed by atoms with van der Waals surface area (Å²) in [5.41, 5.74) is 0.152. The van der Waals surface area contributed by atoms with Crippen molar-refractivity contribution in [1.29, 1.82) is 0 Å². The molecule has 1 fully saturated rings. The Hall–Kier alpha value is -1.87. The summed E-state index contributed by atoms with van der Waals surface area (Å²) in [5, 5.41) is 2.52. The van der Waals surface area contributed by atoms with E-state index in [1.165, 1.54) is 0 Å². The highest BCUT2D eigenvalue weighted by molar-refractivity contribution is 7.99. The number of ether oxygens (including phenoxy) is 2. The highest BCUT2D eigenvalue weighted by Gasteiger charge is 2.31. The second-order valence-electron chi connectivity index (χ2n) is 7.19. The molecule has 0 radical (unpaired) electrons. The number of carbonyl (C=O) groups excluding carboxylic acids is 3.